The number of aliphatic hydroxyl groups excluding tert-OH is 1. The van der Waals surface area contributed by atoms with E-state index in [1.54, 1.807) is 10.9 Å². The standard InChI is InChI=1S/C17H26N6O2/c1-12(23-11-22-13-14(18)20-10-21-15(13)23)16(25)19-9-17(7-8-24)5-3-2-4-6-17/h10-12,24H,2-9H2,1H3,(H,19,25)(H2,18,20,21). The number of fused-ring (bicyclic) bond motifs is 1. The highest BCUT2D eigenvalue weighted by molar-refractivity contribution is 5.85. The Balaban J connectivity index is 1.70. The van der Waals surface area contributed by atoms with E-state index in [1.807, 2.05) is 6.92 Å². The Hall–Kier alpha value is -2.22. The molecule has 3 rings (SSSR count). The molecule has 1 unspecified atom stereocenters. The number of aliphatic hydroxyl groups is 1. The Labute approximate surface area is 146 Å². The molecule has 25 heavy (non-hydrogen) atoms. The lowest BCUT2D eigenvalue weighted by molar-refractivity contribution is -0.124. The highest BCUT2D eigenvalue weighted by atomic mass is 16.3. The van der Waals surface area contributed by atoms with Crippen molar-refractivity contribution in [1.82, 2.24) is 24.8 Å². The Kier molecular flexibility index (Phi) is 5.17. The number of carbonyl (C=O) groups excluding carboxylic acids is 1. The van der Waals surface area contributed by atoms with Crippen molar-refractivity contribution in [3.8, 4) is 0 Å². The first-order valence-electron chi connectivity index (χ1n) is 8.88. The van der Waals surface area contributed by atoms with Gasteiger partial charge in [-0.3, -0.25) is 4.79 Å². The van der Waals surface area contributed by atoms with Crippen LogP contribution in [-0.4, -0.2) is 43.7 Å². The van der Waals surface area contributed by atoms with Gasteiger partial charge in [0.1, 0.15) is 17.9 Å². The van der Waals surface area contributed by atoms with Gasteiger partial charge in [0.25, 0.3) is 0 Å². The number of carbonyl (C=O) groups is 1. The van der Waals surface area contributed by atoms with E-state index in [0.29, 0.717) is 23.5 Å². The van der Waals surface area contributed by atoms with E-state index >= 15 is 0 Å². The number of aromatic nitrogens is 4. The van der Waals surface area contributed by atoms with E-state index < -0.39 is 6.04 Å². The summed E-state index contributed by atoms with van der Waals surface area (Å²) in [5.74, 6) is 0.222. The van der Waals surface area contributed by atoms with E-state index in [0.717, 1.165) is 32.1 Å². The van der Waals surface area contributed by atoms with Crippen LogP contribution in [0.15, 0.2) is 12.7 Å². The van der Waals surface area contributed by atoms with Crippen molar-refractivity contribution in [2.45, 2.75) is 51.5 Å². The Morgan fingerprint density at radius 3 is 2.84 bits per heavy atom. The third kappa shape index (κ3) is 3.58. The molecule has 0 spiro atoms. The Morgan fingerprint density at radius 1 is 1.36 bits per heavy atom. The second-order valence-corrected chi connectivity index (χ2v) is 7.01. The zero-order chi connectivity index (χ0) is 17.9. The molecule has 1 aliphatic carbocycles. The fourth-order valence-electron chi connectivity index (χ4n) is 3.76. The summed E-state index contributed by atoms with van der Waals surface area (Å²) in [7, 11) is 0. The molecular formula is C17H26N6O2. The van der Waals surface area contributed by atoms with Crippen molar-refractivity contribution >= 4 is 22.9 Å². The highest BCUT2D eigenvalue weighted by Gasteiger charge is 2.32. The van der Waals surface area contributed by atoms with Crippen LogP contribution in [0.4, 0.5) is 5.82 Å². The molecule has 2 aromatic rings. The number of imidazole rings is 1. The molecule has 136 valence electrons. The number of amides is 1. The lowest BCUT2D eigenvalue weighted by Gasteiger charge is -2.37. The van der Waals surface area contributed by atoms with E-state index in [2.05, 4.69) is 20.3 Å². The molecule has 0 aliphatic heterocycles. The van der Waals surface area contributed by atoms with Gasteiger partial charge >= 0.3 is 0 Å². The third-order valence-electron chi connectivity index (χ3n) is 5.38. The van der Waals surface area contributed by atoms with E-state index in [9.17, 15) is 9.90 Å². The molecule has 1 amide bonds. The summed E-state index contributed by atoms with van der Waals surface area (Å²) < 4.78 is 1.71. The van der Waals surface area contributed by atoms with Gasteiger partial charge in [0.2, 0.25) is 5.91 Å². The number of nitrogens with one attached hydrogen (secondary N) is 1. The molecule has 1 fully saturated rings. The lowest BCUT2D eigenvalue weighted by Crippen LogP contribution is -2.41. The first-order chi connectivity index (χ1) is 12.1. The van der Waals surface area contributed by atoms with Gasteiger partial charge in [-0.1, -0.05) is 19.3 Å². The number of hydrogen-bond acceptors (Lipinski definition) is 6. The predicted octanol–water partition coefficient (Wildman–Crippen LogP) is 1.42. The van der Waals surface area contributed by atoms with Crippen molar-refractivity contribution in [3.63, 3.8) is 0 Å². The van der Waals surface area contributed by atoms with E-state index in [-0.39, 0.29) is 17.9 Å². The molecule has 1 atom stereocenters. The monoisotopic (exact) mass is 346 g/mol. The first-order valence-corrected chi connectivity index (χ1v) is 8.88. The molecule has 0 saturated heterocycles. The molecule has 2 aromatic heterocycles. The second kappa shape index (κ2) is 7.35. The summed E-state index contributed by atoms with van der Waals surface area (Å²) in [6.07, 6.45) is 9.35. The number of hydrogen-bond donors (Lipinski definition) is 3. The summed E-state index contributed by atoms with van der Waals surface area (Å²) >= 11 is 0. The lowest BCUT2D eigenvalue weighted by atomic mass is 9.72. The van der Waals surface area contributed by atoms with E-state index in [1.165, 1.54) is 12.7 Å². The molecule has 8 heteroatoms. The number of nitrogens with two attached hydrogens (primary N) is 1. The number of rotatable bonds is 6. The maximum absolute atomic E-state index is 12.7. The quantitative estimate of drug-likeness (QED) is 0.728. The molecular weight excluding hydrogens is 320 g/mol. The van der Waals surface area contributed by atoms with Crippen LogP contribution in [0.5, 0.6) is 0 Å². The molecule has 0 radical (unpaired) electrons. The molecule has 8 nitrogen and oxygen atoms in total. The molecule has 0 aromatic carbocycles. The topological polar surface area (TPSA) is 119 Å². The van der Waals surface area contributed by atoms with Crippen molar-refractivity contribution in [1.29, 1.82) is 0 Å². The zero-order valence-corrected chi connectivity index (χ0v) is 14.6. The predicted molar refractivity (Wildman–Crippen MR) is 94.7 cm³/mol. The van der Waals surface area contributed by atoms with Crippen molar-refractivity contribution in [2.75, 3.05) is 18.9 Å². The average Bonchev–Trinajstić information content (AvgIpc) is 3.06. The first kappa shape index (κ1) is 17.6. The van der Waals surface area contributed by atoms with E-state index in [4.69, 9.17) is 5.73 Å². The number of nitrogen functional groups attached to an aromatic ring is 1. The minimum absolute atomic E-state index is 0.0198. The molecule has 0 bridgehead atoms. The summed E-state index contributed by atoms with van der Waals surface area (Å²) in [5, 5.41) is 12.5. The Bertz CT molecular complexity index is 732. The van der Waals surface area contributed by atoms with Gasteiger partial charge in [-0.2, -0.15) is 0 Å². The summed E-state index contributed by atoms with van der Waals surface area (Å²) in [4.78, 5) is 25.0. The fraction of sp³-hybridized carbons (Fsp3) is 0.647. The zero-order valence-electron chi connectivity index (χ0n) is 14.6. The third-order valence-corrected chi connectivity index (χ3v) is 5.38. The number of anilines is 1. The maximum atomic E-state index is 12.7. The minimum Gasteiger partial charge on any atom is -0.396 e. The summed E-state index contributed by atoms with van der Waals surface area (Å²) in [5.41, 5.74) is 6.88. The van der Waals surface area contributed by atoms with Crippen LogP contribution < -0.4 is 11.1 Å². The van der Waals surface area contributed by atoms with Gasteiger partial charge in [-0.05, 0) is 31.6 Å². The molecule has 4 N–H and O–H groups in total. The van der Waals surface area contributed by atoms with Crippen molar-refractivity contribution < 1.29 is 9.90 Å². The van der Waals surface area contributed by atoms with Crippen LogP contribution in [0, 0.1) is 5.41 Å². The second-order valence-electron chi connectivity index (χ2n) is 7.01. The smallest absolute Gasteiger partial charge is 0.242 e. The van der Waals surface area contributed by atoms with Crippen molar-refractivity contribution in [2.24, 2.45) is 5.41 Å². The largest absolute Gasteiger partial charge is 0.396 e. The normalized spacial score (nSPS) is 18.2. The van der Waals surface area contributed by atoms with Gasteiger partial charge in [0.15, 0.2) is 11.5 Å². The SMILES string of the molecule is CC(C(=O)NCC1(CCO)CCCCC1)n1cnc2c(N)ncnc21. The maximum Gasteiger partial charge on any atom is 0.242 e. The highest BCUT2D eigenvalue weighted by Crippen LogP contribution is 2.38. The number of nitrogens with zero attached hydrogens (tertiary/aromatic N) is 4. The Morgan fingerprint density at radius 2 is 2.12 bits per heavy atom. The van der Waals surface area contributed by atoms with Gasteiger partial charge in [0, 0.05) is 13.2 Å². The van der Waals surface area contributed by atoms with Gasteiger partial charge in [-0.25, -0.2) is 15.0 Å². The fourth-order valence-corrected chi connectivity index (χ4v) is 3.76. The average molecular weight is 346 g/mol. The molecule has 1 aliphatic rings. The van der Waals surface area contributed by atoms with Crippen LogP contribution in [0.1, 0.15) is 51.5 Å². The molecule has 1 saturated carbocycles. The van der Waals surface area contributed by atoms with Crippen LogP contribution in [0.2, 0.25) is 0 Å². The van der Waals surface area contributed by atoms with Crippen LogP contribution in [0.25, 0.3) is 11.2 Å². The van der Waals surface area contributed by atoms with Gasteiger partial charge in [0.05, 0.1) is 6.33 Å². The van der Waals surface area contributed by atoms with Gasteiger partial charge in [-0.15, -0.1) is 0 Å². The summed E-state index contributed by atoms with van der Waals surface area (Å²) in [6, 6.07) is -0.450. The van der Waals surface area contributed by atoms with Crippen LogP contribution >= 0.6 is 0 Å². The van der Waals surface area contributed by atoms with Crippen molar-refractivity contribution in [3.05, 3.63) is 12.7 Å². The van der Waals surface area contributed by atoms with Crippen LogP contribution in [-0.2, 0) is 4.79 Å². The molecule has 2 heterocycles. The summed E-state index contributed by atoms with van der Waals surface area (Å²) in [6.45, 7) is 2.57. The van der Waals surface area contributed by atoms with Crippen LogP contribution in [0.3, 0.4) is 0 Å². The minimum atomic E-state index is -0.450. The van der Waals surface area contributed by atoms with Gasteiger partial charge < -0.3 is 20.7 Å².